The minimum Gasteiger partial charge on any atom is -0.395 e. The summed E-state index contributed by atoms with van der Waals surface area (Å²) in [6, 6.07) is -0.348. The summed E-state index contributed by atoms with van der Waals surface area (Å²) in [5.74, 6) is 0. The molecule has 112 valence electrons. The van der Waals surface area contributed by atoms with Crippen LogP contribution in [0.25, 0.3) is 0 Å². The largest absolute Gasteiger partial charge is 0.395 e. The van der Waals surface area contributed by atoms with Crippen LogP contribution < -0.4 is 0 Å². The molecule has 2 saturated heterocycles. The lowest BCUT2D eigenvalue weighted by molar-refractivity contribution is 0.0258. The monoisotopic (exact) mass is 292 g/mol. The van der Waals surface area contributed by atoms with Crippen LogP contribution in [-0.2, 0) is 14.9 Å². The van der Waals surface area contributed by atoms with Crippen molar-refractivity contribution in [2.75, 3.05) is 32.9 Å². The summed E-state index contributed by atoms with van der Waals surface area (Å²) in [5.41, 5.74) is 0. The van der Waals surface area contributed by atoms with Gasteiger partial charge in [-0.3, -0.25) is 0 Å². The van der Waals surface area contributed by atoms with Gasteiger partial charge < -0.3 is 9.84 Å². The quantitative estimate of drug-likeness (QED) is 0.803. The average Bonchev–Trinajstić information content (AvgIpc) is 2.47. The molecule has 19 heavy (non-hydrogen) atoms. The van der Waals surface area contributed by atoms with Crippen LogP contribution in [0.3, 0.4) is 0 Å². The second kappa shape index (κ2) is 6.49. The van der Waals surface area contributed by atoms with Gasteiger partial charge in [-0.05, 0) is 19.3 Å². The Kier molecular flexibility index (Phi) is 5.19. The Labute approximate surface area is 115 Å². The van der Waals surface area contributed by atoms with Crippen LogP contribution in [0.5, 0.6) is 0 Å². The van der Waals surface area contributed by atoms with Gasteiger partial charge in [-0.25, -0.2) is 0 Å². The Morgan fingerprint density at radius 2 is 1.95 bits per heavy atom. The van der Waals surface area contributed by atoms with Crippen LogP contribution in [0.4, 0.5) is 0 Å². The molecule has 2 aliphatic rings. The molecule has 0 bridgehead atoms. The van der Waals surface area contributed by atoms with Crippen molar-refractivity contribution in [3.8, 4) is 0 Å². The van der Waals surface area contributed by atoms with Gasteiger partial charge in [0.1, 0.15) is 0 Å². The van der Waals surface area contributed by atoms with Crippen LogP contribution in [0.15, 0.2) is 0 Å². The van der Waals surface area contributed by atoms with E-state index in [1.807, 2.05) is 6.92 Å². The van der Waals surface area contributed by atoms with Crippen molar-refractivity contribution in [3.63, 3.8) is 0 Å². The molecule has 2 unspecified atom stereocenters. The number of hydrogen-bond donors (Lipinski definition) is 1. The van der Waals surface area contributed by atoms with E-state index >= 15 is 0 Å². The maximum atomic E-state index is 12.8. The summed E-state index contributed by atoms with van der Waals surface area (Å²) in [6.07, 6.45) is 3.35. The molecule has 2 heterocycles. The molecule has 6 nitrogen and oxygen atoms in total. The summed E-state index contributed by atoms with van der Waals surface area (Å²) >= 11 is 0. The molecule has 0 aromatic carbocycles. The van der Waals surface area contributed by atoms with Gasteiger partial charge >= 0.3 is 0 Å². The van der Waals surface area contributed by atoms with Crippen LogP contribution >= 0.6 is 0 Å². The fraction of sp³-hybridized carbons (Fsp3) is 1.00. The lowest BCUT2D eigenvalue weighted by atomic mass is 10.1. The van der Waals surface area contributed by atoms with Gasteiger partial charge in [-0.1, -0.05) is 13.3 Å². The van der Waals surface area contributed by atoms with E-state index in [2.05, 4.69) is 0 Å². The Hall–Kier alpha value is -0.210. The fourth-order valence-electron chi connectivity index (χ4n) is 2.86. The van der Waals surface area contributed by atoms with E-state index in [1.54, 1.807) is 4.31 Å². The molecular formula is C12H24N2O4S. The normalized spacial score (nSPS) is 31.5. The Morgan fingerprint density at radius 1 is 1.21 bits per heavy atom. The lowest BCUT2D eigenvalue weighted by Crippen LogP contribution is -2.57. The zero-order valence-electron chi connectivity index (χ0n) is 11.5. The highest BCUT2D eigenvalue weighted by molar-refractivity contribution is 7.86. The lowest BCUT2D eigenvalue weighted by Gasteiger charge is -2.41. The minimum atomic E-state index is -3.48. The SMILES string of the molecule is CCC1COCCN1S(=O)(=O)N1CCCCC1CO. The van der Waals surface area contributed by atoms with Crippen molar-refractivity contribution in [2.24, 2.45) is 0 Å². The second-order valence-corrected chi connectivity index (χ2v) is 7.03. The summed E-state index contributed by atoms with van der Waals surface area (Å²) < 4.78 is 33.9. The van der Waals surface area contributed by atoms with E-state index in [0.717, 1.165) is 25.7 Å². The summed E-state index contributed by atoms with van der Waals surface area (Å²) in [5, 5.41) is 9.40. The molecule has 0 aliphatic carbocycles. The third-order valence-electron chi connectivity index (χ3n) is 4.02. The fourth-order valence-corrected chi connectivity index (χ4v) is 4.93. The van der Waals surface area contributed by atoms with E-state index in [4.69, 9.17) is 4.74 Å². The number of nitrogens with zero attached hydrogens (tertiary/aromatic N) is 2. The highest BCUT2D eigenvalue weighted by Gasteiger charge is 2.40. The van der Waals surface area contributed by atoms with Gasteiger partial charge in [0.15, 0.2) is 0 Å². The molecule has 2 fully saturated rings. The van der Waals surface area contributed by atoms with Gasteiger partial charge in [0.05, 0.1) is 19.8 Å². The van der Waals surface area contributed by atoms with Crippen molar-refractivity contribution in [2.45, 2.75) is 44.7 Å². The molecule has 0 spiro atoms. The molecule has 0 radical (unpaired) electrons. The first-order chi connectivity index (χ1) is 9.11. The minimum absolute atomic E-state index is 0.0833. The van der Waals surface area contributed by atoms with E-state index in [0.29, 0.717) is 26.3 Å². The Balaban J connectivity index is 2.19. The molecule has 2 aliphatic heterocycles. The zero-order chi connectivity index (χ0) is 13.9. The van der Waals surface area contributed by atoms with Crippen molar-refractivity contribution < 1.29 is 18.3 Å². The summed E-state index contributed by atoms with van der Waals surface area (Å²) in [6.45, 7) is 3.72. The topological polar surface area (TPSA) is 70.1 Å². The van der Waals surface area contributed by atoms with Gasteiger partial charge in [-0.15, -0.1) is 0 Å². The molecule has 0 aromatic rings. The van der Waals surface area contributed by atoms with Crippen molar-refractivity contribution in [3.05, 3.63) is 0 Å². The first-order valence-corrected chi connectivity index (χ1v) is 8.48. The zero-order valence-corrected chi connectivity index (χ0v) is 12.3. The predicted molar refractivity (Wildman–Crippen MR) is 72.0 cm³/mol. The Bertz CT molecular complexity index is 357. The van der Waals surface area contributed by atoms with Crippen LogP contribution in [0, 0.1) is 0 Å². The number of ether oxygens (including phenoxy) is 1. The maximum Gasteiger partial charge on any atom is 0.282 e. The number of aliphatic hydroxyl groups is 1. The van der Waals surface area contributed by atoms with E-state index in [1.165, 1.54) is 4.31 Å². The first-order valence-electron chi connectivity index (χ1n) is 7.08. The van der Waals surface area contributed by atoms with Gasteiger partial charge in [0.2, 0.25) is 0 Å². The number of morpholine rings is 1. The van der Waals surface area contributed by atoms with Crippen LogP contribution in [0.1, 0.15) is 32.6 Å². The van der Waals surface area contributed by atoms with Crippen molar-refractivity contribution in [1.29, 1.82) is 0 Å². The third-order valence-corrected chi connectivity index (χ3v) is 6.17. The molecule has 0 amide bonds. The molecule has 7 heteroatoms. The molecule has 1 N–H and O–H groups in total. The van der Waals surface area contributed by atoms with E-state index in [9.17, 15) is 13.5 Å². The predicted octanol–water partition coefficient (Wildman–Crippen LogP) is 0.189. The van der Waals surface area contributed by atoms with E-state index < -0.39 is 10.2 Å². The third kappa shape index (κ3) is 3.11. The summed E-state index contributed by atoms with van der Waals surface area (Å²) in [4.78, 5) is 0. The van der Waals surface area contributed by atoms with Gasteiger partial charge in [-0.2, -0.15) is 17.0 Å². The maximum absolute atomic E-state index is 12.8. The number of rotatable bonds is 4. The van der Waals surface area contributed by atoms with Gasteiger partial charge in [0.25, 0.3) is 10.2 Å². The molecule has 0 aromatic heterocycles. The average molecular weight is 292 g/mol. The van der Waals surface area contributed by atoms with Crippen LogP contribution in [0.2, 0.25) is 0 Å². The first kappa shape index (κ1) is 15.2. The van der Waals surface area contributed by atoms with Crippen LogP contribution in [-0.4, -0.2) is 67.1 Å². The smallest absolute Gasteiger partial charge is 0.282 e. The number of aliphatic hydroxyl groups excluding tert-OH is 1. The number of piperidine rings is 1. The molecule has 2 rings (SSSR count). The highest BCUT2D eigenvalue weighted by atomic mass is 32.2. The standard InChI is InChI=1S/C12H24N2O4S/c1-2-11-10-18-8-7-14(11)19(16,17)13-6-4-3-5-12(13)9-15/h11-12,15H,2-10H2,1H3. The van der Waals surface area contributed by atoms with Crippen molar-refractivity contribution in [1.82, 2.24) is 8.61 Å². The van der Waals surface area contributed by atoms with Gasteiger partial charge in [0, 0.05) is 25.2 Å². The highest BCUT2D eigenvalue weighted by Crippen LogP contribution is 2.25. The molecular weight excluding hydrogens is 268 g/mol. The Morgan fingerprint density at radius 3 is 2.63 bits per heavy atom. The van der Waals surface area contributed by atoms with E-state index in [-0.39, 0.29) is 18.7 Å². The molecule has 2 atom stereocenters. The van der Waals surface area contributed by atoms with Crippen molar-refractivity contribution >= 4 is 10.2 Å². The second-order valence-electron chi connectivity index (χ2n) is 5.20. The number of hydrogen-bond acceptors (Lipinski definition) is 4. The molecule has 0 saturated carbocycles. The summed E-state index contributed by atoms with van der Waals surface area (Å²) in [7, 11) is -3.48.